The van der Waals surface area contributed by atoms with E-state index in [0.717, 1.165) is 51.3 Å². The SMILES string of the molecule is CCC(NC(=O)C1=C2Nc3ccccc3C23C(C=C1)N(c1ccncc1)CN3C(c1ccccc1)(c1ccccc1)c1ccccc1)c1ccccc1. The van der Waals surface area contributed by atoms with E-state index in [9.17, 15) is 4.79 Å². The molecule has 0 radical (unpaired) electrons. The number of para-hydroxylation sites is 1. The van der Waals surface area contributed by atoms with Gasteiger partial charge in [-0.1, -0.05) is 153 Å². The molecule has 6 heteroatoms. The third-order valence-corrected chi connectivity index (χ3v) is 11.3. The van der Waals surface area contributed by atoms with Crippen molar-refractivity contribution in [3.8, 4) is 0 Å². The minimum atomic E-state index is -0.822. The Hall–Kier alpha value is -6.24. The van der Waals surface area contributed by atoms with Gasteiger partial charge in [0.15, 0.2) is 0 Å². The van der Waals surface area contributed by atoms with Gasteiger partial charge in [0.25, 0.3) is 5.91 Å². The van der Waals surface area contributed by atoms with Gasteiger partial charge in [-0.05, 0) is 52.9 Å². The van der Waals surface area contributed by atoms with Crippen molar-refractivity contribution in [1.82, 2.24) is 15.2 Å². The average Bonchev–Trinajstić information content (AvgIpc) is 3.77. The van der Waals surface area contributed by atoms with Gasteiger partial charge in [-0.3, -0.25) is 14.7 Å². The maximum absolute atomic E-state index is 14.8. The zero-order valence-electron chi connectivity index (χ0n) is 29.6. The Morgan fingerprint density at radius 1 is 0.774 bits per heavy atom. The van der Waals surface area contributed by atoms with E-state index in [4.69, 9.17) is 0 Å². The summed E-state index contributed by atoms with van der Waals surface area (Å²) in [5, 5.41) is 7.31. The maximum atomic E-state index is 14.8. The minimum Gasteiger partial charge on any atom is -0.356 e. The van der Waals surface area contributed by atoms with Gasteiger partial charge in [0.2, 0.25) is 0 Å². The highest BCUT2D eigenvalue weighted by molar-refractivity contribution is 6.00. The summed E-state index contributed by atoms with van der Waals surface area (Å²) >= 11 is 0. The van der Waals surface area contributed by atoms with Crippen molar-refractivity contribution in [3.05, 3.63) is 221 Å². The van der Waals surface area contributed by atoms with Crippen molar-refractivity contribution >= 4 is 17.3 Å². The molecule has 1 saturated heterocycles. The van der Waals surface area contributed by atoms with Crippen LogP contribution in [0.1, 0.15) is 47.2 Å². The van der Waals surface area contributed by atoms with Crippen molar-refractivity contribution in [2.45, 2.75) is 36.5 Å². The highest BCUT2D eigenvalue weighted by atomic mass is 16.1. The Morgan fingerprint density at radius 3 is 1.91 bits per heavy atom. The van der Waals surface area contributed by atoms with E-state index >= 15 is 0 Å². The summed E-state index contributed by atoms with van der Waals surface area (Å²) in [6.07, 6.45) is 8.78. The number of amides is 1. The Bertz CT molecular complexity index is 2200. The highest BCUT2D eigenvalue weighted by Crippen LogP contribution is 2.62. The van der Waals surface area contributed by atoms with E-state index < -0.39 is 11.1 Å². The molecular formula is C47H41N5O. The molecule has 3 aliphatic rings. The molecule has 1 spiro atoms. The molecule has 1 aliphatic carbocycles. The number of carbonyl (C=O) groups excluding carboxylic acids is 1. The van der Waals surface area contributed by atoms with Crippen LogP contribution in [0.3, 0.4) is 0 Å². The highest BCUT2D eigenvalue weighted by Gasteiger charge is 2.66. The monoisotopic (exact) mass is 691 g/mol. The first kappa shape index (κ1) is 32.7. The largest absolute Gasteiger partial charge is 0.356 e. The molecule has 5 aromatic carbocycles. The van der Waals surface area contributed by atoms with Gasteiger partial charge in [0, 0.05) is 29.3 Å². The van der Waals surface area contributed by atoms with Gasteiger partial charge in [-0.2, -0.15) is 0 Å². The molecule has 2 aliphatic heterocycles. The van der Waals surface area contributed by atoms with Crippen molar-refractivity contribution in [1.29, 1.82) is 0 Å². The van der Waals surface area contributed by atoms with Crippen LogP contribution in [0.2, 0.25) is 0 Å². The van der Waals surface area contributed by atoms with Gasteiger partial charge >= 0.3 is 0 Å². The number of benzene rings is 5. The molecule has 53 heavy (non-hydrogen) atoms. The number of aromatic nitrogens is 1. The first-order valence-electron chi connectivity index (χ1n) is 18.4. The third kappa shape index (κ3) is 5.05. The number of carbonyl (C=O) groups is 1. The number of hydrogen-bond donors (Lipinski definition) is 2. The number of pyridine rings is 1. The molecule has 3 heterocycles. The molecule has 1 amide bonds. The molecule has 9 rings (SSSR count). The van der Waals surface area contributed by atoms with Crippen LogP contribution in [0.5, 0.6) is 0 Å². The van der Waals surface area contributed by atoms with Crippen LogP contribution in [-0.4, -0.2) is 28.5 Å². The zero-order valence-corrected chi connectivity index (χ0v) is 29.6. The van der Waals surface area contributed by atoms with Crippen LogP contribution in [-0.2, 0) is 15.9 Å². The van der Waals surface area contributed by atoms with Crippen LogP contribution in [0, 0.1) is 0 Å². The molecule has 1 fully saturated rings. The van der Waals surface area contributed by atoms with Crippen molar-refractivity contribution in [3.63, 3.8) is 0 Å². The van der Waals surface area contributed by atoms with E-state index in [1.807, 2.05) is 36.7 Å². The number of nitrogens with zero attached hydrogens (tertiary/aromatic N) is 3. The van der Waals surface area contributed by atoms with Gasteiger partial charge in [-0.25, -0.2) is 0 Å². The predicted octanol–water partition coefficient (Wildman–Crippen LogP) is 8.93. The second-order valence-electron chi connectivity index (χ2n) is 13.9. The molecular weight excluding hydrogens is 651 g/mol. The Kier molecular flexibility index (Phi) is 8.25. The summed E-state index contributed by atoms with van der Waals surface area (Å²) in [5.41, 5.74) is 7.61. The number of hydrogen-bond acceptors (Lipinski definition) is 5. The second-order valence-corrected chi connectivity index (χ2v) is 13.9. The molecule has 0 bridgehead atoms. The Labute approximate surface area is 311 Å². The van der Waals surface area contributed by atoms with E-state index in [-0.39, 0.29) is 18.0 Å². The van der Waals surface area contributed by atoms with E-state index in [0.29, 0.717) is 12.2 Å². The first-order valence-corrected chi connectivity index (χ1v) is 18.4. The fraction of sp³-hybridized carbons (Fsp3) is 0.149. The Balaban J connectivity index is 1.35. The lowest BCUT2D eigenvalue weighted by molar-refractivity contribution is -0.118. The van der Waals surface area contributed by atoms with Crippen LogP contribution in [0.15, 0.2) is 194 Å². The van der Waals surface area contributed by atoms with Gasteiger partial charge < -0.3 is 15.5 Å². The van der Waals surface area contributed by atoms with E-state index in [1.54, 1.807) is 0 Å². The summed E-state index contributed by atoms with van der Waals surface area (Å²) in [7, 11) is 0. The minimum absolute atomic E-state index is 0.0999. The zero-order chi connectivity index (χ0) is 35.8. The number of anilines is 2. The molecule has 260 valence electrons. The standard InChI is InChI=1S/C47H41N5O/c1-2-41(34-17-7-3-8-18-34)50-45(53)39-27-28-43-47(40-25-15-16-26-42(40)49-44(39)47)52(33-51(43)38-29-31-48-32-30-38)46(35-19-9-4-10-20-35,36-21-11-5-12-22-36)37-23-13-6-14-24-37/h3-32,41,43,49H,2,33H2,1H3,(H,50,53). The fourth-order valence-corrected chi connectivity index (χ4v) is 9.09. The molecule has 6 aromatic rings. The lowest BCUT2D eigenvalue weighted by Crippen LogP contribution is -2.59. The van der Waals surface area contributed by atoms with E-state index in [1.165, 1.54) is 0 Å². The molecule has 6 nitrogen and oxygen atoms in total. The van der Waals surface area contributed by atoms with Gasteiger partial charge in [0.1, 0.15) is 5.54 Å². The molecule has 2 N–H and O–H groups in total. The summed E-state index contributed by atoms with van der Waals surface area (Å²) in [6, 6.07) is 55.2. The normalized spacial score (nSPS) is 19.6. The molecule has 1 aromatic heterocycles. The predicted molar refractivity (Wildman–Crippen MR) is 212 cm³/mol. The molecule has 3 unspecified atom stereocenters. The fourth-order valence-electron chi connectivity index (χ4n) is 9.09. The quantitative estimate of drug-likeness (QED) is 0.148. The van der Waals surface area contributed by atoms with Crippen molar-refractivity contribution in [2.24, 2.45) is 0 Å². The topological polar surface area (TPSA) is 60.5 Å². The van der Waals surface area contributed by atoms with Crippen LogP contribution >= 0.6 is 0 Å². The number of rotatable bonds is 9. The van der Waals surface area contributed by atoms with Crippen molar-refractivity contribution in [2.75, 3.05) is 16.9 Å². The summed E-state index contributed by atoms with van der Waals surface area (Å²) in [5.74, 6) is -0.0999. The number of nitrogens with one attached hydrogen (secondary N) is 2. The third-order valence-electron chi connectivity index (χ3n) is 11.3. The number of fused-ring (bicyclic) bond motifs is 1. The molecule has 0 saturated carbocycles. The summed E-state index contributed by atoms with van der Waals surface area (Å²) in [4.78, 5) is 24.4. The van der Waals surface area contributed by atoms with Gasteiger partial charge in [-0.15, -0.1) is 0 Å². The first-order chi connectivity index (χ1) is 26.2. The Morgan fingerprint density at radius 2 is 1.32 bits per heavy atom. The summed E-state index contributed by atoms with van der Waals surface area (Å²) in [6.45, 7) is 2.67. The second kappa shape index (κ2) is 13.4. The lowest BCUT2D eigenvalue weighted by atomic mass is 9.69. The van der Waals surface area contributed by atoms with Gasteiger partial charge in [0.05, 0.1) is 35.6 Å². The smallest absolute Gasteiger partial charge is 0.253 e. The van der Waals surface area contributed by atoms with Crippen molar-refractivity contribution < 1.29 is 4.79 Å². The molecule has 3 atom stereocenters. The van der Waals surface area contributed by atoms with Crippen LogP contribution in [0.25, 0.3) is 0 Å². The van der Waals surface area contributed by atoms with E-state index in [2.05, 4.69) is 178 Å². The maximum Gasteiger partial charge on any atom is 0.253 e. The van der Waals surface area contributed by atoms with Crippen LogP contribution in [0.4, 0.5) is 11.4 Å². The lowest BCUT2D eigenvalue weighted by Gasteiger charge is -2.52. The average molecular weight is 692 g/mol. The summed E-state index contributed by atoms with van der Waals surface area (Å²) < 4.78 is 0. The van der Waals surface area contributed by atoms with Crippen LogP contribution < -0.4 is 15.5 Å².